The Kier molecular flexibility index (Phi) is 5.47. The first-order valence-electron chi connectivity index (χ1n) is 5.84. The number of amides is 1. The average Bonchev–Trinajstić information content (AvgIpc) is 2.41. The highest BCUT2D eigenvalue weighted by Gasteiger charge is 2.26. The molecule has 116 valence electrons. The number of carbonyl (C=O) groups is 1. The summed E-state index contributed by atoms with van der Waals surface area (Å²) in [6, 6.07) is 3.54. The molecule has 0 aliphatic heterocycles. The number of hydrazine groups is 1. The minimum absolute atomic E-state index is 0.240. The number of alkyl halides is 3. The Morgan fingerprint density at radius 2 is 2.05 bits per heavy atom. The Balaban J connectivity index is 2.74. The fourth-order valence-electron chi connectivity index (χ4n) is 1.55. The number of nitro benzene ring substituents is 1. The highest BCUT2D eigenvalue weighted by atomic mass is 19.4. The van der Waals surface area contributed by atoms with Crippen LogP contribution < -0.4 is 16.6 Å². The molecule has 0 aromatic heterocycles. The SMILES string of the molecule is NNc1ccc([N+](=O)[O-])c(C(=O)NCCCC(F)(F)F)c1. The maximum absolute atomic E-state index is 11.9. The van der Waals surface area contributed by atoms with Crippen molar-refractivity contribution in [3.8, 4) is 0 Å². The Morgan fingerprint density at radius 1 is 1.38 bits per heavy atom. The van der Waals surface area contributed by atoms with Crippen molar-refractivity contribution >= 4 is 17.3 Å². The lowest BCUT2D eigenvalue weighted by Crippen LogP contribution is -2.26. The van der Waals surface area contributed by atoms with Gasteiger partial charge in [-0.05, 0) is 18.6 Å². The van der Waals surface area contributed by atoms with E-state index in [1.807, 2.05) is 0 Å². The van der Waals surface area contributed by atoms with Crippen LogP contribution in [0.2, 0.25) is 0 Å². The summed E-state index contributed by atoms with van der Waals surface area (Å²) in [7, 11) is 0. The number of halogens is 3. The van der Waals surface area contributed by atoms with E-state index in [1.165, 1.54) is 6.07 Å². The van der Waals surface area contributed by atoms with Crippen molar-refractivity contribution in [3.05, 3.63) is 33.9 Å². The van der Waals surface area contributed by atoms with Gasteiger partial charge in [-0.3, -0.25) is 20.8 Å². The molecule has 0 aliphatic rings. The topological polar surface area (TPSA) is 110 Å². The van der Waals surface area contributed by atoms with E-state index in [0.29, 0.717) is 0 Å². The molecule has 0 saturated carbocycles. The molecule has 10 heteroatoms. The second kappa shape index (κ2) is 6.88. The standard InChI is InChI=1S/C11H13F3N4O3/c12-11(13,14)4-1-5-16-10(19)8-6-7(17-15)2-3-9(8)18(20)21/h2-3,6,17H,1,4-5,15H2,(H,16,19). The third kappa shape index (κ3) is 5.26. The first kappa shape index (κ1) is 16.7. The number of nitrogen functional groups attached to an aromatic ring is 1. The summed E-state index contributed by atoms with van der Waals surface area (Å²) >= 11 is 0. The van der Waals surface area contributed by atoms with E-state index in [1.54, 1.807) is 0 Å². The predicted molar refractivity (Wildman–Crippen MR) is 68.5 cm³/mol. The molecule has 0 aliphatic carbocycles. The second-order valence-corrected chi connectivity index (χ2v) is 4.11. The summed E-state index contributed by atoms with van der Waals surface area (Å²) in [5.41, 5.74) is 1.76. The van der Waals surface area contributed by atoms with Crippen LogP contribution in [0.3, 0.4) is 0 Å². The molecule has 1 aromatic carbocycles. The van der Waals surface area contributed by atoms with Gasteiger partial charge in [0, 0.05) is 24.7 Å². The van der Waals surface area contributed by atoms with E-state index in [4.69, 9.17) is 5.84 Å². The third-order valence-electron chi connectivity index (χ3n) is 2.53. The number of nitrogens with one attached hydrogen (secondary N) is 2. The zero-order valence-corrected chi connectivity index (χ0v) is 10.7. The molecule has 0 saturated heterocycles. The van der Waals surface area contributed by atoms with Crippen LogP contribution in [0.1, 0.15) is 23.2 Å². The van der Waals surface area contributed by atoms with Crippen molar-refractivity contribution < 1.29 is 22.9 Å². The Hall–Kier alpha value is -2.36. The molecule has 21 heavy (non-hydrogen) atoms. The summed E-state index contributed by atoms with van der Waals surface area (Å²) in [4.78, 5) is 21.9. The normalized spacial score (nSPS) is 11.0. The molecule has 7 nitrogen and oxygen atoms in total. The van der Waals surface area contributed by atoms with Crippen molar-refractivity contribution in [1.29, 1.82) is 0 Å². The number of carbonyl (C=O) groups excluding carboxylic acids is 1. The number of benzene rings is 1. The lowest BCUT2D eigenvalue weighted by molar-refractivity contribution is -0.385. The molecule has 0 radical (unpaired) electrons. The Morgan fingerprint density at radius 3 is 2.57 bits per heavy atom. The number of nitrogens with two attached hydrogens (primary N) is 1. The van der Waals surface area contributed by atoms with Gasteiger partial charge in [0.1, 0.15) is 5.56 Å². The molecule has 0 spiro atoms. The van der Waals surface area contributed by atoms with E-state index in [0.717, 1.165) is 12.1 Å². The van der Waals surface area contributed by atoms with E-state index in [9.17, 15) is 28.1 Å². The van der Waals surface area contributed by atoms with Gasteiger partial charge in [0.15, 0.2) is 0 Å². The molecule has 1 rings (SSSR count). The van der Waals surface area contributed by atoms with Gasteiger partial charge in [-0.2, -0.15) is 13.2 Å². The monoisotopic (exact) mass is 306 g/mol. The van der Waals surface area contributed by atoms with Crippen LogP contribution in [0.4, 0.5) is 24.5 Å². The number of anilines is 1. The summed E-state index contributed by atoms with van der Waals surface area (Å²) in [5, 5.41) is 13.0. The molecule has 4 N–H and O–H groups in total. The van der Waals surface area contributed by atoms with Crippen molar-refractivity contribution in [3.63, 3.8) is 0 Å². The maximum Gasteiger partial charge on any atom is 0.389 e. The summed E-state index contributed by atoms with van der Waals surface area (Å²) in [6.07, 6.45) is -5.66. The first-order chi connectivity index (χ1) is 9.74. The van der Waals surface area contributed by atoms with Gasteiger partial charge in [-0.25, -0.2) is 0 Å². The Bertz CT molecular complexity index is 534. The van der Waals surface area contributed by atoms with Crippen LogP contribution in [-0.2, 0) is 0 Å². The van der Waals surface area contributed by atoms with E-state index < -0.39 is 29.1 Å². The molecule has 1 amide bonds. The number of hydrogen-bond donors (Lipinski definition) is 3. The van der Waals surface area contributed by atoms with E-state index in [-0.39, 0.29) is 24.2 Å². The van der Waals surface area contributed by atoms with Crippen LogP contribution in [0.5, 0.6) is 0 Å². The number of nitro groups is 1. The van der Waals surface area contributed by atoms with Crippen LogP contribution in [0.15, 0.2) is 18.2 Å². The van der Waals surface area contributed by atoms with Crippen LogP contribution in [-0.4, -0.2) is 23.6 Å². The first-order valence-corrected chi connectivity index (χ1v) is 5.84. The molecule has 0 heterocycles. The molecular formula is C11H13F3N4O3. The largest absolute Gasteiger partial charge is 0.389 e. The van der Waals surface area contributed by atoms with Gasteiger partial charge < -0.3 is 10.7 Å². The van der Waals surface area contributed by atoms with Crippen LogP contribution >= 0.6 is 0 Å². The van der Waals surface area contributed by atoms with Crippen molar-refractivity contribution in [2.24, 2.45) is 5.84 Å². The van der Waals surface area contributed by atoms with Gasteiger partial charge >= 0.3 is 6.18 Å². The maximum atomic E-state index is 11.9. The number of hydrogen-bond acceptors (Lipinski definition) is 5. The Labute approximate surface area is 117 Å². The van der Waals surface area contributed by atoms with Crippen LogP contribution in [0.25, 0.3) is 0 Å². The zero-order chi connectivity index (χ0) is 16.0. The van der Waals surface area contributed by atoms with Gasteiger partial charge in [0.25, 0.3) is 11.6 Å². The van der Waals surface area contributed by atoms with E-state index >= 15 is 0 Å². The minimum Gasteiger partial charge on any atom is -0.352 e. The molecular weight excluding hydrogens is 293 g/mol. The highest BCUT2D eigenvalue weighted by Crippen LogP contribution is 2.23. The smallest absolute Gasteiger partial charge is 0.352 e. The van der Waals surface area contributed by atoms with E-state index in [2.05, 4.69) is 10.7 Å². The fraction of sp³-hybridized carbons (Fsp3) is 0.364. The summed E-state index contributed by atoms with van der Waals surface area (Å²) < 4.78 is 35.8. The van der Waals surface area contributed by atoms with Gasteiger partial charge in [-0.15, -0.1) is 0 Å². The lowest BCUT2D eigenvalue weighted by atomic mass is 10.1. The molecule has 0 fully saturated rings. The average molecular weight is 306 g/mol. The molecule has 1 aromatic rings. The fourth-order valence-corrected chi connectivity index (χ4v) is 1.55. The molecule has 0 unspecified atom stereocenters. The number of rotatable bonds is 6. The van der Waals surface area contributed by atoms with Crippen molar-refractivity contribution in [2.45, 2.75) is 19.0 Å². The zero-order valence-electron chi connectivity index (χ0n) is 10.7. The van der Waals surface area contributed by atoms with Gasteiger partial charge in [0.2, 0.25) is 0 Å². The lowest BCUT2D eigenvalue weighted by Gasteiger charge is -2.09. The molecule has 0 bridgehead atoms. The minimum atomic E-state index is -4.31. The summed E-state index contributed by atoms with van der Waals surface area (Å²) in [6.45, 7) is -0.240. The third-order valence-corrected chi connectivity index (χ3v) is 2.53. The number of nitrogens with zero attached hydrogens (tertiary/aromatic N) is 1. The van der Waals surface area contributed by atoms with Gasteiger partial charge in [0.05, 0.1) is 4.92 Å². The van der Waals surface area contributed by atoms with Gasteiger partial charge in [-0.1, -0.05) is 0 Å². The second-order valence-electron chi connectivity index (χ2n) is 4.11. The highest BCUT2D eigenvalue weighted by molar-refractivity contribution is 5.99. The predicted octanol–water partition coefficient (Wildman–Crippen LogP) is 1.95. The molecule has 0 atom stereocenters. The van der Waals surface area contributed by atoms with Crippen LogP contribution in [0, 0.1) is 10.1 Å². The summed E-state index contributed by atoms with van der Waals surface area (Å²) in [5.74, 6) is 4.31. The van der Waals surface area contributed by atoms with Crippen molar-refractivity contribution in [2.75, 3.05) is 12.0 Å². The quantitative estimate of drug-likeness (QED) is 0.322. The van der Waals surface area contributed by atoms with Crippen molar-refractivity contribution in [1.82, 2.24) is 5.32 Å².